The van der Waals surface area contributed by atoms with E-state index < -0.39 is 0 Å². The summed E-state index contributed by atoms with van der Waals surface area (Å²) in [5.41, 5.74) is 3.99. The van der Waals surface area contributed by atoms with Gasteiger partial charge >= 0.3 is 0 Å². The molecule has 1 aromatic heterocycles. The van der Waals surface area contributed by atoms with Crippen molar-refractivity contribution in [1.82, 2.24) is 9.66 Å². The molecule has 4 rings (SSSR count). The number of nitrogens with one attached hydrogen (secondary N) is 1. The van der Waals surface area contributed by atoms with E-state index in [0.29, 0.717) is 5.92 Å². The van der Waals surface area contributed by atoms with Crippen LogP contribution in [0.2, 0.25) is 0 Å². The van der Waals surface area contributed by atoms with Gasteiger partial charge in [-0.3, -0.25) is 9.69 Å². The number of aromatic nitrogens is 2. The van der Waals surface area contributed by atoms with Crippen molar-refractivity contribution in [3.63, 3.8) is 0 Å². The maximum atomic E-state index is 12.5. The summed E-state index contributed by atoms with van der Waals surface area (Å²) in [5.74, 6) is 2.09. The van der Waals surface area contributed by atoms with Gasteiger partial charge in [0.05, 0.1) is 6.20 Å². The monoisotopic (exact) mass is 342 g/mol. The van der Waals surface area contributed by atoms with E-state index in [0.717, 1.165) is 42.9 Å². The van der Waals surface area contributed by atoms with Crippen molar-refractivity contribution < 1.29 is 15.0 Å². The van der Waals surface area contributed by atoms with Crippen LogP contribution >= 0.6 is 0 Å². The van der Waals surface area contributed by atoms with E-state index in [4.69, 9.17) is 0 Å². The minimum Gasteiger partial charge on any atom is -0.508 e. The van der Waals surface area contributed by atoms with Gasteiger partial charge in [0, 0.05) is 18.2 Å². The van der Waals surface area contributed by atoms with Crippen LogP contribution in [0.3, 0.4) is 0 Å². The number of nitrogens with zero attached hydrogens (tertiary/aromatic N) is 3. The fourth-order valence-corrected chi connectivity index (χ4v) is 3.82. The first kappa shape index (κ1) is 16.0. The number of benzene rings is 1. The van der Waals surface area contributed by atoms with E-state index in [9.17, 15) is 15.0 Å². The summed E-state index contributed by atoms with van der Waals surface area (Å²) in [6, 6.07) is 7.01. The number of aliphatic hydroxyl groups excluding tert-OH is 1. The molecule has 0 saturated heterocycles. The van der Waals surface area contributed by atoms with E-state index in [1.54, 1.807) is 30.5 Å². The number of phenolic OH excluding ortho intramolecular Hbond substituents is 1. The molecular weight excluding hydrogens is 320 g/mol. The molecule has 7 heteroatoms. The number of anilines is 1. The molecule has 0 unspecified atom stereocenters. The Morgan fingerprint density at radius 3 is 2.56 bits per heavy atom. The molecule has 1 aliphatic carbocycles. The van der Waals surface area contributed by atoms with E-state index in [2.05, 4.69) is 10.4 Å². The molecule has 2 heterocycles. The predicted octanol–water partition coefficient (Wildman–Crippen LogP) is 1.70. The van der Waals surface area contributed by atoms with Crippen LogP contribution in [0.4, 0.5) is 5.82 Å². The van der Waals surface area contributed by atoms with Crippen molar-refractivity contribution in [3.05, 3.63) is 30.5 Å². The van der Waals surface area contributed by atoms with Gasteiger partial charge in [-0.05, 0) is 55.9 Å². The molecule has 2 aliphatic rings. The standard InChI is InChI=1S/C18H22N4O3/c23-11-12-1-5-14(6-2-12)21-16-9-19-18(22(16)20-10-17(21)25)13-3-7-15(24)8-4-13/h3-4,7-9,12,14,20,23-24H,1-2,5-6,10-11H2. The highest BCUT2D eigenvalue weighted by Crippen LogP contribution is 2.33. The van der Waals surface area contributed by atoms with Gasteiger partial charge in [-0.15, -0.1) is 0 Å². The maximum absolute atomic E-state index is 12.5. The number of hydrogen-bond acceptors (Lipinski definition) is 5. The topological polar surface area (TPSA) is 90.6 Å². The fraction of sp³-hybridized carbons (Fsp3) is 0.444. The zero-order chi connectivity index (χ0) is 17.4. The summed E-state index contributed by atoms with van der Waals surface area (Å²) < 4.78 is 1.85. The number of hydrogen-bond donors (Lipinski definition) is 3. The third-order valence-electron chi connectivity index (χ3n) is 5.21. The average Bonchev–Trinajstić information content (AvgIpc) is 3.06. The summed E-state index contributed by atoms with van der Waals surface area (Å²) in [4.78, 5) is 18.9. The Morgan fingerprint density at radius 2 is 1.88 bits per heavy atom. The normalized spacial score (nSPS) is 23.2. The lowest BCUT2D eigenvalue weighted by atomic mass is 9.85. The second-order valence-corrected chi connectivity index (χ2v) is 6.78. The molecule has 0 spiro atoms. The second kappa shape index (κ2) is 6.40. The summed E-state index contributed by atoms with van der Waals surface area (Å²) in [7, 11) is 0. The Balaban J connectivity index is 1.64. The number of carbonyl (C=O) groups excluding carboxylic acids is 1. The number of phenols is 1. The quantitative estimate of drug-likeness (QED) is 0.790. The Labute approximate surface area is 145 Å². The van der Waals surface area contributed by atoms with Crippen LogP contribution in [0, 0.1) is 5.92 Å². The van der Waals surface area contributed by atoms with Crippen molar-refractivity contribution in [2.45, 2.75) is 31.7 Å². The minimum atomic E-state index is 0.0529. The number of imidazole rings is 1. The van der Waals surface area contributed by atoms with Gasteiger partial charge < -0.3 is 15.6 Å². The number of amides is 1. The molecule has 0 radical (unpaired) electrons. The summed E-state index contributed by atoms with van der Waals surface area (Å²) in [6.07, 6.45) is 5.41. The van der Waals surface area contributed by atoms with Crippen molar-refractivity contribution in [2.75, 3.05) is 23.5 Å². The average molecular weight is 342 g/mol. The molecule has 7 nitrogen and oxygen atoms in total. The minimum absolute atomic E-state index is 0.0529. The molecule has 1 saturated carbocycles. The van der Waals surface area contributed by atoms with E-state index in [1.165, 1.54) is 0 Å². The van der Waals surface area contributed by atoms with Crippen LogP contribution in [-0.4, -0.2) is 45.0 Å². The summed E-state index contributed by atoms with van der Waals surface area (Å²) in [6.45, 7) is 0.458. The first-order valence-electron chi connectivity index (χ1n) is 8.71. The molecular formula is C18H22N4O3. The largest absolute Gasteiger partial charge is 0.508 e. The molecule has 25 heavy (non-hydrogen) atoms. The van der Waals surface area contributed by atoms with Crippen LogP contribution < -0.4 is 10.3 Å². The Bertz CT molecular complexity index is 763. The number of carbonyl (C=O) groups is 1. The van der Waals surface area contributed by atoms with E-state index in [1.807, 2.05) is 9.58 Å². The summed E-state index contributed by atoms with van der Waals surface area (Å²) >= 11 is 0. The third-order valence-corrected chi connectivity index (χ3v) is 5.21. The molecule has 2 aromatic rings. The molecule has 0 bridgehead atoms. The SMILES string of the molecule is O=C1CNn2c(cnc2-c2ccc(O)cc2)N1C1CCC(CO)CC1. The third kappa shape index (κ3) is 2.84. The highest BCUT2D eigenvalue weighted by atomic mass is 16.3. The van der Waals surface area contributed by atoms with E-state index >= 15 is 0 Å². The lowest BCUT2D eigenvalue weighted by Gasteiger charge is -2.39. The van der Waals surface area contributed by atoms with Crippen LogP contribution in [0.1, 0.15) is 25.7 Å². The Morgan fingerprint density at radius 1 is 1.16 bits per heavy atom. The zero-order valence-corrected chi connectivity index (χ0v) is 13.9. The van der Waals surface area contributed by atoms with Crippen molar-refractivity contribution in [2.24, 2.45) is 5.92 Å². The first-order valence-corrected chi connectivity index (χ1v) is 8.71. The number of aromatic hydroxyl groups is 1. The van der Waals surface area contributed by atoms with E-state index in [-0.39, 0.29) is 30.9 Å². The highest BCUT2D eigenvalue weighted by Gasteiger charge is 2.34. The molecule has 3 N–H and O–H groups in total. The second-order valence-electron chi connectivity index (χ2n) is 6.78. The van der Waals surface area contributed by atoms with Gasteiger partial charge in [-0.2, -0.15) is 0 Å². The predicted molar refractivity (Wildman–Crippen MR) is 93.9 cm³/mol. The molecule has 1 fully saturated rings. The molecule has 1 aromatic carbocycles. The Kier molecular flexibility index (Phi) is 4.09. The smallest absolute Gasteiger partial charge is 0.249 e. The number of fused-ring (bicyclic) bond motifs is 1. The van der Waals surface area contributed by atoms with Gasteiger partial charge in [0.15, 0.2) is 11.6 Å². The lowest BCUT2D eigenvalue weighted by molar-refractivity contribution is -0.118. The van der Waals surface area contributed by atoms with Gasteiger partial charge in [-0.25, -0.2) is 9.66 Å². The summed E-state index contributed by atoms with van der Waals surface area (Å²) in [5, 5.41) is 18.8. The molecule has 1 amide bonds. The van der Waals surface area contributed by atoms with Crippen LogP contribution in [0.5, 0.6) is 5.75 Å². The fourth-order valence-electron chi connectivity index (χ4n) is 3.82. The lowest BCUT2D eigenvalue weighted by Crippen LogP contribution is -2.51. The Hall–Kier alpha value is -2.54. The van der Waals surface area contributed by atoms with Gasteiger partial charge in [0.1, 0.15) is 12.3 Å². The van der Waals surface area contributed by atoms with Gasteiger partial charge in [0.25, 0.3) is 0 Å². The first-order chi connectivity index (χ1) is 12.2. The zero-order valence-electron chi connectivity index (χ0n) is 13.9. The highest BCUT2D eigenvalue weighted by molar-refractivity contribution is 5.97. The maximum Gasteiger partial charge on any atom is 0.249 e. The van der Waals surface area contributed by atoms with Crippen LogP contribution in [0.15, 0.2) is 30.5 Å². The molecule has 1 aliphatic heterocycles. The van der Waals surface area contributed by atoms with Crippen LogP contribution in [-0.2, 0) is 4.79 Å². The van der Waals surface area contributed by atoms with Crippen LogP contribution in [0.25, 0.3) is 11.4 Å². The van der Waals surface area contributed by atoms with Crippen molar-refractivity contribution >= 4 is 11.7 Å². The van der Waals surface area contributed by atoms with Gasteiger partial charge in [-0.1, -0.05) is 0 Å². The number of aliphatic hydroxyl groups is 1. The number of rotatable bonds is 3. The molecule has 0 atom stereocenters. The molecule has 132 valence electrons. The van der Waals surface area contributed by atoms with Gasteiger partial charge in [0.2, 0.25) is 5.91 Å². The van der Waals surface area contributed by atoms with Crippen molar-refractivity contribution in [1.29, 1.82) is 0 Å². The van der Waals surface area contributed by atoms with Crippen molar-refractivity contribution in [3.8, 4) is 17.1 Å².